The van der Waals surface area contributed by atoms with E-state index in [4.69, 9.17) is 14.2 Å². The lowest BCUT2D eigenvalue weighted by molar-refractivity contribution is -0.118. The Morgan fingerprint density at radius 1 is 0.939 bits per heavy atom. The number of hydrogen-bond acceptors (Lipinski definition) is 6. The van der Waals surface area contributed by atoms with Crippen LogP contribution in [0, 0.1) is 6.92 Å². The minimum absolute atomic E-state index is 0.0831. The number of hydrogen-bond donors (Lipinski definition) is 2. The summed E-state index contributed by atoms with van der Waals surface area (Å²) in [5.74, 6) is 1.24. The highest BCUT2D eigenvalue weighted by Gasteiger charge is 2.16. The van der Waals surface area contributed by atoms with Crippen molar-refractivity contribution in [3.8, 4) is 17.2 Å². The number of methoxy groups -OCH3 is 1. The number of aryl methyl sites for hydroxylation is 1. The Hall–Kier alpha value is -3.72. The third-order valence-corrected chi connectivity index (χ3v) is 5.99. The maximum Gasteiger partial charge on any atom is 0.262 e. The zero-order valence-electron chi connectivity index (χ0n) is 18.6. The molecule has 0 unspecified atom stereocenters. The molecule has 0 spiro atoms. The summed E-state index contributed by atoms with van der Waals surface area (Å²) >= 11 is 0. The first-order valence-corrected chi connectivity index (χ1v) is 11.7. The Morgan fingerprint density at radius 2 is 1.67 bits per heavy atom. The Bertz CT molecular complexity index is 1210. The van der Waals surface area contributed by atoms with E-state index in [0.29, 0.717) is 40.8 Å². The zero-order chi connectivity index (χ0) is 23.8. The van der Waals surface area contributed by atoms with Crippen LogP contribution in [0.3, 0.4) is 0 Å². The fourth-order valence-electron chi connectivity index (χ4n) is 3.03. The number of anilines is 2. The third kappa shape index (κ3) is 6.39. The Morgan fingerprint density at radius 3 is 2.33 bits per heavy atom. The SMILES string of the molecule is CCOc1ccc(NS(=O)(=O)c2ccc(OCC(=O)Nc3ccccc3OC)c(C)c2)cc1. The quantitative estimate of drug-likeness (QED) is 0.460. The molecule has 3 aromatic carbocycles. The molecule has 9 heteroatoms. The van der Waals surface area contributed by atoms with Crippen LogP contribution < -0.4 is 24.2 Å². The number of amides is 1. The van der Waals surface area contributed by atoms with E-state index in [0.717, 1.165) is 0 Å². The summed E-state index contributed by atoms with van der Waals surface area (Å²) in [6.45, 7) is 3.87. The van der Waals surface area contributed by atoms with Gasteiger partial charge < -0.3 is 19.5 Å². The Kier molecular flexibility index (Phi) is 7.78. The molecular formula is C24H26N2O6S. The van der Waals surface area contributed by atoms with E-state index in [1.165, 1.54) is 25.3 Å². The fourth-order valence-corrected chi connectivity index (χ4v) is 4.17. The van der Waals surface area contributed by atoms with Crippen LogP contribution in [0.5, 0.6) is 17.2 Å². The predicted molar refractivity (Wildman–Crippen MR) is 127 cm³/mol. The number of para-hydroxylation sites is 2. The summed E-state index contributed by atoms with van der Waals surface area (Å²) in [7, 11) is -2.28. The van der Waals surface area contributed by atoms with Crippen molar-refractivity contribution in [2.75, 3.05) is 30.4 Å². The van der Waals surface area contributed by atoms with Crippen molar-refractivity contribution in [3.05, 3.63) is 72.3 Å². The van der Waals surface area contributed by atoms with Gasteiger partial charge in [-0.2, -0.15) is 0 Å². The topological polar surface area (TPSA) is 103 Å². The Labute approximate surface area is 193 Å². The highest BCUT2D eigenvalue weighted by Crippen LogP contribution is 2.25. The first kappa shape index (κ1) is 23.9. The molecule has 0 atom stereocenters. The smallest absolute Gasteiger partial charge is 0.262 e. The number of ether oxygens (including phenoxy) is 3. The maximum absolute atomic E-state index is 12.7. The molecule has 3 rings (SSSR count). The van der Waals surface area contributed by atoms with E-state index in [1.54, 1.807) is 55.5 Å². The molecule has 3 aromatic rings. The molecular weight excluding hydrogens is 444 g/mol. The van der Waals surface area contributed by atoms with Gasteiger partial charge in [0.2, 0.25) is 0 Å². The molecule has 174 valence electrons. The molecule has 0 bridgehead atoms. The lowest BCUT2D eigenvalue weighted by Gasteiger charge is -2.13. The van der Waals surface area contributed by atoms with Crippen LogP contribution >= 0.6 is 0 Å². The first-order valence-electron chi connectivity index (χ1n) is 10.2. The van der Waals surface area contributed by atoms with Crippen LogP contribution in [-0.4, -0.2) is 34.6 Å². The van der Waals surface area contributed by atoms with Crippen LogP contribution in [0.4, 0.5) is 11.4 Å². The van der Waals surface area contributed by atoms with Gasteiger partial charge in [-0.15, -0.1) is 0 Å². The van der Waals surface area contributed by atoms with Gasteiger partial charge in [0.15, 0.2) is 6.61 Å². The number of benzene rings is 3. The average molecular weight is 471 g/mol. The predicted octanol–water partition coefficient (Wildman–Crippen LogP) is 4.22. The lowest BCUT2D eigenvalue weighted by Crippen LogP contribution is -2.21. The molecule has 8 nitrogen and oxygen atoms in total. The van der Waals surface area contributed by atoms with Crippen LogP contribution in [0.15, 0.2) is 71.6 Å². The molecule has 0 aliphatic rings. The van der Waals surface area contributed by atoms with Crippen LogP contribution in [-0.2, 0) is 14.8 Å². The van der Waals surface area contributed by atoms with Gasteiger partial charge in [-0.05, 0) is 74.0 Å². The van der Waals surface area contributed by atoms with Gasteiger partial charge in [-0.3, -0.25) is 9.52 Å². The Balaban J connectivity index is 1.63. The van der Waals surface area contributed by atoms with Crippen molar-refractivity contribution in [3.63, 3.8) is 0 Å². The second kappa shape index (κ2) is 10.7. The molecule has 0 aliphatic carbocycles. The minimum Gasteiger partial charge on any atom is -0.495 e. The molecule has 0 aromatic heterocycles. The summed E-state index contributed by atoms with van der Waals surface area (Å²) in [5, 5.41) is 2.72. The number of carbonyl (C=O) groups is 1. The van der Waals surface area contributed by atoms with Gasteiger partial charge >= 0.3 is 0 Å². The van der Waals surface area contributed by atoms with Crippen LogP contribution in [0.2, 0.25) is 0 Å². The normalized spacial score (nSPS) is 10.9. The molecule has 0 heterocycles. The maximum atomic E-state index is 12.7. The minimum atomic E-state index is -3.80. The largest absolute Gasteiger partial charge is 0.495 e. The lowest BCUT2D eigenvalue weighted by atomic mass is 10.2. The van der Waals surface area contributed by atoms with Gasteiger partial charge in [-0.25, -0.2) is 8.42 Å². The van der Waals surface area contributed by atoms with Crippen molar-refractivity contribution >= 4 is 27.3 Å². The van der Waals surface area contributed by atoms with E-state index in [2.05, 4.69) is 10.0 Å². The molecule has 0 saturated carbocycles. The van der Waals surface area contributed by atoms with E-state index in [1.807, 2.05) is 6.92 Å². The molecule has 0 aliphatic heterocycles. The van der Waals surface area contributed by atoms with Gasteiger partial charge in [0.25, 0.3) is 15.9 Å². The fraction of sp³-hybridized carbons (Fsp3) is 0.208. The highest BCUT2D eigenvalue weighted by atomic mass is 32.2. The summed E-state index contributed by atoms with van der Waals surface area (Å²) in [4.78, 5) is 12.3. The zero-order valence-corrected chi connectivity index (χ0v) is 19.4. The molecule has 2 N–H and O–H groups in total. The summed E-state index contributed by atoms with van der Waals surface area (Å²) < 4.78 is 44.2. The van der Waals surface area contributed by atoms with Gasteiger partial charge in [0.05, 0.1) is 24.3 Å². The molecule has 1 amide bonds. The molecule has 0 fully saturated rings. The summed E-state index contributed by atoms with van der Waals surface area (Å²) in [5.41, 5.74) is 1.53. The van der Waals surface area contributed by atoms with E-state index in [-0.39, 0.29) is 17.4 Å². The standard InChI is InChI=1S/C24H26N2O6S/c1-4-31-19-11-9-18(10-12-19)26-33(28,29)20-13-14-22(17(2)15-20)32-16-24(27)25-21-7-5-6-8-23(21)30-3/h5-15,26H,4,16H2,1-3H3,(H,25,27). The van der Waals surface area contributed by atoms with Crippen molar-refractivity contribution in [2.24, 2.45) is 0 Å². The monoisotopic (exact) mass is 470 g/mol. The van der Waals surface area contributed by atoms with Gasteiger partial charge in [-0.1, -0.05) is 12.1 Å². The summed E-state index contributed by atoms with van der Waals surface area (Å²) in [6, 6.07) is 18.1. The van der Waals surface area contributed by atoms with Gasteiger partial charge in [0.1, 0.15) is 17.2 Å². The van der Waals surface area contributed by atoms with Crippen molar-refractivity contribution in [1.29, 1.82) is 0 Å². The second-order valence-electron chi connectivity index (χ2n) is 7.03. The number of rotatable bonds is 10. The highest BCUT2D eigenvalue weighted by molar-refractivity contribution is 7.92. The van der Waals surface area contributed by atoms with E-state index in [9.17, 15) is 13.2 Å². The molecule has 0 radical (unpaired) electrons. The van der Waals surface area contributed by atoms with Crippen LogP contribution in [0.1, 0.15) is 12.5 Å². The second-order valence-corrected chi connectivity index (χ2v) is 8.71. The van der Waals surface area contributed by atoms with E-state index < -0.39 is 10.0 Å². The van der Waals surface area contributed by atoms with Crippen molar-refractivity contribution in [2.45, 2.75) is 18.7 Å². The number of carbonyl (C=O) groups excluding carboxylic acids is 1. The van der Waals surface area contributed by atoms with Crippen molar-refractivity contribution < 1.29 is 27.4 Å². The number of sulfonamides is 1. The average Bonchev–Trinajstić information content (AvgIpc) is 2.80. The third-order valence-electron chi connectivity index (χ3n) is 4.61. The van der Waals surface area contributed by atoms with Crippen molar-refractivity contribution in [1.82, 2.24) is 0 Å². The summed E-state index contributed by atoms with van der Waals surface area (Å²) in [6.07, 6.45) is 0. The van der Waals surface area contributed by atoms with Crippen LogP contribution in [0.25, 0.3) is 0 Å². The van der Waals surface area contributed by atoms with E-state index >= 15 is 0 Å². The van der Waals surface area contributed by atoms with Gasteiger partial charge in [0, 0.05) is 5.69 Å². The first-order chi connectivity index (χ1) is 15.8. The molecule has 0 saturated heterocycles. The molecule has 33 heavy (non-hydrogen) atoms. The number of nitrogens with one attached hydrogen (secondary N) is 2.